The Morgan fingerprint density at radius 1 is 0.850 bits per heavy atom. The van der Waals surface area contributed by atoms with Crippen molar-refractivity contribution in [2.75, 3.05) is 5.73 Å². The second kappa shape index (κ2) is 8.70. The fourth-order valence-electron chi connectivity index (χ4n) is 6.43. The average Bonchev–Trinajstić information content (AvgIpc) is 3.89. The van der Waals surface area contributed by atoms with Gasteiger partial charge in [0.1, 0.15) is 29.7 Å². The average molecular weight is 536 g/mol. The smallest absolute Gasteiger partial charge is 0.251 e. The Bertz CT molecular complexity index is 1690. The van der Waals surface area contributed by atoms with Crippen molar-refractivity contribution < 1.29 is 18.3 Å². The zero-order chi connectivity index (χ0) is 27.1. The molecule has 2 saturated carbocycles. The minimum atomic E-state index is -0.607. The van der Waals surface area contributed by atoms with Gasteiger partial charge in [-0.3, -0.25) is 4.79 Å². The Morgan fingerprint density at radius 2 is 1.57 bits per heavy atom. The van der Waals surface area contributed by atoms with E-state index in [1.54, 1.807) is 0 Å². The normalized spacial score (nSPS) is 20.4. The Labute approximate surface area is 230 Å². The fraction of sp³-hybridized carbons (Fsp3) is 0.273. The monoisotopic (exact) mass is 535 g/mol. The van der Waals surface area contributed by atoms with Gasteiger partial charge >= 0.3 is 0 Å². The van der Waals surface area contributed by atoms with Crippen LogP contribution in [-0.4, -0.2) is 10.9 Å². The molecule has 5 nitrogen and oxygen atoms in total. The lowest BCUT2D eigenvalue weighted by Gasteiger charge is -2.18. The molecule has 2 aliphatic carbocycles. The number of aromatic nitrogens is 1. The number of nitrogens with two attached hydrogens (primary N) is 1. The van der Waals surface area contributed by atoms with E-state index in [1.165, 1.54) is 17.7 Å². The maximum Gasteiger partial charge on any atom is 0.251 e. The van der Waals surface area contributed by atoms with E-state index in [0.29, 0.717) is 40.9 Å². The molecule has 3 heterocycles. The lowest BCUT2D eigenvalue weighted by molar-refractivity contribution is 0.0857. The van der Waals surface area contributed by atoms with Crippen molar-refractivity contribution in [3.63, 3.8) is 0 Å². The summed E-state index contributed by atoms with van der Waals surface area (Å²) in [6, 6.07) is 17.0. The van der Waals surface area contributed by atoms with Gasteiger partial charge in [-0.2, -0.15) is 0 Å². The van der Waals surface area contributed by atoms with Crippen molar-refractivity contribution in [1.29, 1.82) is 0 Å². The van der Waals surface area contributed by atoms with Crippen LogP contribution in [0, 0.1) is 11.6 Å². The topological polar surface area (TPSA) is 77.2 Å². The van der Waals surface area contributed by atoms with Crippen LogP contribution in [0.1, 0.15) is 99.2 Å². The zero-order valence-electron chi connectivity index (χ0n) is 21.7. The van der Waals surface area contributed by atoms with Crippen LogP contribution in [0.15, 0.2) is 60.7 Å². The number of nitrogens with zero attached hydrogens (tertiary/aromatic N) is 1. The molecule has 8 rings (SSSR count). The maximum absolute atomic E-state index is 14.5. The van der Waals surface area contributed by atoms with Gasteiger partial charge in [0, 0.05) is 29.7 Å². The Balaban J connectivity index is 1.06. The first-order valence-corrected chi connectivity index (χ1v) is 13.9. The number of ether oxygens (including phenoxy) is 1. The number of hydrogen-bond donors (Lipinski definition) is 2. The third kappa shape index (κ3) is 3.83. The number of pyridine rings is 1. The summed E-state index contributed by atoms with van der Waals surface area (Å²) >= 11 is 0. The number of amides is 1. The molecule has 4 aromatic rings. The van der Waals surface area contributed by atoms with Gasteiger partial charge in [-0.1, -0.05) is 18.2 Å². The molecule has 200 valence electrons. The molecular weight excluding hydrogens is 508 g/mol. The van der Waals surface area contributed by atoms with Crippen LogP contribution in [0.2, 0.25) is 0 Å². The fourth-order valence-corrected chi connectivity index (χ4v) is 6.43. The molecule has 2 fully saturated rings. The van der Waals surface area contributed by atoms with Crippen molar-refractivity contribution in [1.82, 2.24) is 10.3 Å². The molecule has 0 saturated heterocycles. The molecule has 2 unspecified atom stereocenters. The molecule has 1 aromatic heterocycles. The quantitative estimate of drug-likeness (QED) is 0.284. The first-order valence-electron chi connectivity index (χ1n) is 13.9. The van der Waals surface area contributed by atoms with E-state index in [-0.39, 0.29) is 18.1 Å². The number of benzene rings is 3. The van der Waals surface area contributed by atoms with Gasteiger partial charge in [0.2, 0.25) is 0 Å². The van der Waals surface area contributed by atoms with Gasteiger partial charge in [0.05, 0.1) is 5.69 Å². The number of carbonyl (C=O) groups excluding carboxylic acids is 1. The summed E-state index contributed by atoms with van der Waals surface area (Å²) < 4.78 is 34.3. The SMILES string of the molecule is Nc1cc(C2CC2)c(CNC(=O)c2ccc3c(c2)C2OC3c3ccc(-c4ccc(F)cc4F)cc32)c(C2CC2)n1. The van der Waals surface area contributed by atoms with E-state index in [2.05, 4.69) is 10.3 Å². The largest absolute Gasteiger partial charge is 0.384 e. The molecule has 0 spiro atoms. The predicted octanol–water partition coefficient (Wildman–Crippen LogP) is 6.82. The highest BCUT2D eigenvalue weighted by atomic mass is 19.1. The lowest BCUT2D eigenvalue weighted by atomic mass is 9.83. The summed E-state index contributed by atoms with van der Waals surface area (Å²) in [5.74, 6) is 0.162. The number of nitrogens with one attached hydrogen (secondary N) is 1. The third-order valence-electron chi connectivity index (χ3n) is 8.70. The number of fused-ring (bicyclic) bond motifs is 8. The van der Waals surface area contributed by atoms with Gasteiger partial charge in [-0.15, -0.1) is 0 Å². The highest BCUT2D eigenvalue weighted by Crippen LogP contribution is 2.55. The van der Waals surface area contributed by atoms with Crippen LogP contribution in [0.3, 0.4) is 0 Å². The Morgan fingerprint density at radius 3 is 2.33 bits per heavy atom. The number of halogens is 2. The third-order valence-corrected chi connectivity index (χ3v) is 8.70. The molecular formula is C33H27F2N3O2. The molecule has 40 heavy (non-hydrogen) atoms. The number of anilines is 1. The van der Waals surface area contributed by atoms with Gasteiger partial charge < -0.3 is 15.8 Å². The summed E-state index contributed by atoms with van der Waals surface area (Å²) in [5.41, 5.74) is 15.1. The molecule has 2 bridgehead atoms. The highest BCUT2D eigenvalue weighted by Gasteiger charge is 2.43. The van der Waals surface area contributed by atoms with Gasteiger partial charge in [0.15, 0.2) is 0 Å². The minimum absolute atomic E-state index is 0.145. The van der Waals surface area contributed by atoms with Crippen LogP contribution >= 0.6 is 0 Å². The summed E-state index contributed by atoms with van der Waals surface area (Å²) in [7, 11) is 0. The molecule has 3 aromatic carbocycles. The lowest BCUT2D eigenvalue weighted by Crippen LogP contribution is -2.25. The summed E-state index contributed by atoms with van der Waals surface area (Å²) in [4.78, 5) is 18.0. The van der Waals surface area contributed by atoms with E-state index in [0.717, 1.165) is 65.3 Å². The van der Waals surface area contributed by atoms with Gasteiger partial charge in [-0.25, -0.2) is 13.8 Å². The van der Waals surface area contributed by atoms with Crippen LogP contribution < -0.4 is 11.1 Å². The van der Waals surface area contributed by atoms with Crippen LogP contribution in [0.5, 0.6) is 0 Å². The standard InChI is InChI=1S/C33H27F2N3O2/c34-20-7-10-21(28(35)13-20)18-5-8-22-25(11-18)32-26-12-19(6-9-23(26)31(22)40-32)33(39)37-15-27-24(16-1-2-16)14-29(36)38-30(27)17-3-4-17/h5-14,16-17,31-32H,1-4,15H2,(H2,36,38)(H,37,39). The van der Waals surface area contributed by atoms with Crippen molar-refractivity contribution in [3.8, 4) is 11.1 Å². The number of rotatable bonds is 6. The van der Waals surface area contributed by atoms with E-state index in [9.17, 15) is 13.6 Å². The van der Waals surface area contributed by atoms with Crippen molar-refractivity contribution in [2.45, 2.75) is 56.3 Å². The maximum atomic E-state index is 14.5. The van der Waals surface area contributed by atoms with Crippen LogP contribution in [0.4, 0.5) is 14.6 Å². The minimum Gasteiger partial charge on any atom is -0.384 e. The Hall–Kier alpha value is -4.10. The van der Waals surface area contributed by atoms with E-state index in [4.69, 9.17) is 10.5 Å². The van der Waals surface area contributed by atoms with Crippen molar-refractivity contribution >= 4 is 11.7 Å². The zero-order valence-corrected chi connectivity index (χ0v) is 21.7. The van der Waals surface area contributed by atoms with E-state index < -0.39 is 11.6 Å². The first kappa shape index (κ1) is 23.8. The number of hydrogen-bond acceptors (Lipinski definition) is 4. The van der Waals surface area contributed by atoms with Gasteiger partial charge in [0.25, 0.3) is 5.91 Å². The van der Waals surface area contributed by atoms with Crippen LogP contribution in [0.25, 0.3) is 11.1 Å². The first-order chi connectivity index (χ1) is 19.4. The second-order valence-corrected chi connectivity index (χ2v) is 11.4. The van der Waals surface area contributed by atoms with Crippen molar-refractivity contribution in [2.24, 2.45) is 0 Å². The summed E-state index contributed by atoms with van der Waals surface area (Å²) in [6.07, 6.45) is 3.98. The van der Waals surface area contributed by atoms with E-state index in [1.807, 2.05) is 42.5 Å². The van der Waals surface area contributed by atoms with E-state index >= 15 is 0 Å². The molecule has 3 N–H and O–H groups in total. The molecule has 0 radical (unpaired) electrons. The van der Waals surface area contributed by atoms with Crippen molar-refractivity contribution in [3.05, 3.63) is 117 Å². The Kier molecular flexibility index (Phi) is 5.17. The highest BCUT2D eigenvalue weighted by molar-refractivity contribution is 5.94. The van der Waals surface area contributed by atoms with Crippen LogP contribution in [-0.2, 0) is 11.3 Å². The van der Waals surface area contributed by atoms with Gasteiger partial charge in [-0.05, 0) is 107 Å². The molecule has 2 aliphatic heterocycles. The predicted molar refractivity (Wildman–Crippen MR) is 147 cm³/mol. The molecule has 2 atom stereocenters. The summed E-state index contributed by atoms with van der Waals surface area (Å²) in [6.45, 7) is 0.429. The molecule has 7 heteroatoms. The second-order valence-electron chi connectivity index (χ2n) is 11.4. The number of nitrogen functional groups attached to an aromatic ring is 1. The molecule has 1 amide bonds. The molecule has 4 aliphatic rings. The summed E-state index contributed by atoms with van der Waals surface area (Å²) in [5, 5.41) is 3.14. The number of carbonyl (C=O) groups is 1.